The molecule has 0 aliphatic rings. The zero-order valence-corrected chi connectivity index (χ0v) is 10.7. The number of hydrogen-bond donors (Lipinski definition) is 2. The number of rotatable bonds is 4. The predicted molar refractivity (Wildman–Crippen MR) is 68.1 cm³/mol. The van der Waals surface area contributed by atoms with Gasteiger partial charge in [-0.3, -0.25) is 4.72 Å². The van der Waals surface area contributed by atoms with Gasteiger partial charge >= 0.3 is 0 Å². The van der Waals surface area contributed by atoms with Crippen molar-refractivity contribution in [2.24, 2.45) is 0 Å². The van der Waals surface area contributed by atoms with Crippen molar-refractivity contribution in [3.05, 3.63) is 29.6 Å². The summed E-state index contributed by atoms with van der Waals surface area (Å²) in [5.41, 5.74) is 0.299. The van der Waals surface area contributed by atoms with E-state index in [1.54, 1.807) is 6.92 Å². The van der Waals surface area contributed by atoms with Crippen LogP contribution in [0.2, 0.25) is 0 Å². The van der Waals surface area contributed by atoms with E-state index in [1.807, 2.05) is 0 Å². The first-order valence-corrected chi connectivity index (χ1v) is 7.03. The van der Waals surface area contributed by atoms with Crippen LogP contribution in [0.4, 0.5) is 10.1 Å². The molecule has 0 aliphatic carbocycles. The Labute approximate surface area is 106 Å². The second-order valence-electron chi connectivity index (χ2n) is 3.58. The Kier molecular flexibility index (Phi) is 5.13. The SMILES string of the molecule is CCCS(=O)(=O)Nc1ccc(F)c(C#CCO)c1. The van der Waals surface area contributed by atoms with Crippen LogP contribution >= 0.6 is 0 Å². The molecule has 18 heavy (non-hydrogen) atoms. The molecule has 0 spiro atoms. The highest BCUT2D eigenvalue weighted by atomic mass is 32.2. The molecule has 0 radical (unpaired) electrons. The zero-order valence-electron chi connectivity index (χ0n) is 9.90. The van der Waals surface area contributed by atoms with Gasteiger partial charge in [-0.25, -0.2) is 12.8 Å². The Morgan fingerprint density at radius 2 is 2.17 bits per heavy atom. The third-order valence-corrected chi connectivity index (χ3v) is 3.51. The van der Waals surface area contributed by atoms with Crippen molar-refractivity contribution >= 4 is 15.7 Å². The topological polar surface area (TPSA) is 66.4 Å². The highest BCUT2D eigenvalue weighted by Gasteiger charge is 2.10. The third kappa shape index (κ3) is 4.35. The highest BCUT2D eigenvalue weighted by Crippen LogP contribution is 2.15. The van der Waals surface area contributed by atoms with Crippen LogP contribution in [0.1, 0.15) is 18.9 Å². The van der Waals surface area contributed by atoms with Crippen molar-refractivity contribution in [3.8, 4) is 11.8 Å². The molecule has 0 amide bonds. The molecule has 0 saturated heterocycles. The molecule has 98 valence electrons. The van der Waals surface area contributed by atoms with Gasteiger partial charge in [0.15, 0.2) is 0 Å². The lowest BCUT2D eigenvalue weighted by molar-refractivity contribution is 0.350. The summed E-state index contributed by atoms with van der Waals surface area (Å²) in [4.78, 5) is 0. The zero-order chi connectivity index (χ0) is 13.6. The van der Waals surface area contributed by atoms with E-state index in [9.17, 15) is 12.8 Å². The smallest absolute Gasteiger partial charge is 0.232 e. The van der Waals surface area contributed by atoms with Crippen LogP contribution in [0, 0.1) is 17.7 Å². The lowest BCUT2D eigenvalue weighted by Crippen LogP contribution is -2.16. The normalized spacial score (nSPS) is 10.6. The number of aliphatic hydroxyl groups excluding tert-OH is 1. The fourth-order valence-corrected chi connectivity index (χ4v) is 2.44. The summed E-state index contributed by atoms with van der Waals surface area (Å²) in [6, 6.07) is 3.75. The van der Waals surface area contributed by atoms with E-state index in [4.69, 9.17) is 5.11 Å². The Morgan fingerprint density at radius 3 is 2.78 bits per heavy atom. The number of benzene rings is 1. The number of nitrogens with one attached hydrogen (secondary N) is 1. The van der Waals surface area contributed by atoms with Crippen molar-refractivity contribution in [2.75, 3.05) is 17.1 Å². The predicted octanol–water partition coefficient (Wildman–Crippen LogP) is 1.32. The van der Waals surface area contributed by atoms with Crippen molar-refractivity contribution < 1.29 is 17.9 Å². The van der Waals surface area contributed by atoms with Gasteiger partial charge in [0.2, 0.25) is 10.0 Å². The van der Waals surface area contributed by atoms with Gasteiger partial charge in [0, 0.05) is 5.69 Å². The number of anilines is 1. The summed E-state index contributed by atoms with van der Waals surface area (Å²) in [6.45, 7) is 1.37. The van der Waals surface area contributed by atoms with Crippen molar-refractivity contribution in [3.63, 3.8) is 0 Å². The largest absolute Gasteiger partial charge is 0.384 e. The van der Waals surface area contributed by atoms with E-state index in [2.05, 4.69) is 16.6 Å². The van der Waals surface area contributed by atoms with Gasteiger partial charge in [-0.2, -0.15) is 0 Å². The molecule has 0 fully saturated rings. The first-order chi connectivity index (χ1) is 8.48. The molecule has 1 rings (SSSR count). The lowest BCUT2D eigenvalue weighted by atomic mass is 10.2. The first-order valence-electron chi connectivity index (χ1n) is 5.38. The van der Waals surface area contributed by atoms with E-state index >= 15 is 0 Å². The van der Waals surface area contributed by atoms with Crippen LogP contribution in [0.3, 0.4) is 0 Å². The number of aliphatic hydroxyl groups is 1. The van der Waals surface area contributed by atoms with E-state index in [1.165, 1.54) is 12.1 Å². The summed E-state index contributed by atoms with van der Waals surface area (Å²) in [5.74, 6) is 4.16. The first kappa shape index (κ1) is 14.5. The summed E-state index contributed by atoms with van der Waals surface area (Å²) < 4.78 is 38.7. The fraction of sp³-hybridized carbons (Fsp3) is 0.333. The van der Waals surface area contributed by atoms with E-state index in [-0.39, 0.29) is 23.6 Å². The van der Waals surface area contributed by atoms with Gasteiger partial charge in [0.25, 0.3) is 0 Å². The molecule has 2 N–H and O–H groups in total. The van der Waals surface area contributed by atoms with Gasteiger partial charge in [0.1, 0.15) is 12.4 Å². The van der Waals surface area contributed by atoms with Crippen LogP contribution in [0.15, 0.2) is 18.2 Å². The molecule has 1 aromatic rings. The number of hydrogen-bond acceptors (Lipinski definition) is 3. The number of sulfonamides is 1. The molecule has 0 saturated carbocycles. The van der Waals surface area contributed by atoms with E-state index < -0.39 is 15.8 Å². The molecular weight excluding hydrogens is 257 g/mol. The Hall–Kier alpha value is -1.58. The molecule has 0 bridgehead atoms. The highest BCUT2D eigenvalue weighted by molar-refractivity contribution is 7.92. The molecule has 0 heterocycles. The quantitative estimate of drug-likeness (QED) is 0.812. The van der Waals surface area contributed by atoms with E-state index in [0.717, 1.165) is 6.07 Å². The lowest BCUT2D eigenvalue weighted by Gasteiger charge is -2.07. The fourth-order valence-electron chi connectivity index (χ4n) is 1.32. The van der Waals surface area contributed by atoms with Gasteiger partial charge in [-0.1, -0.05) is 18.8 Å². The van der Waals surface area contributed by atoms with Gasteiger partial charge in [-0.15, -0.1) is 0 Å². The summed E-state index contributed by atoms with van der Waals surface area (Å²) in [5, 5.41) is 8.54. The average Bonchev–Trinajstić information content (AvgIpc) is 2.29. The van der Waals surface area contributed by atoms with Gasteiger partial charge in [-0.05, 0) is 24.6 Å². The van der Waals surface area contributed by atoms with Crippen molar-refractivity contribution in [2.45, 2.75) is 13.3 Å². The minimum atomic E-state index is -3.40. The van der Waals surface area contributed by atoms with Crippen LogP contribution < -0.4 is 4.72 Å². The van der Waals surface area contributed by atoms with Crippen LogP contribution in [-0.2, 0) is 10.0 Å². The second-order valence-corrected chi connectivity index (χ2v) is 5.42. The average molecular weight is 271 g/mol. The molecule has 0 aromatic heterocycles. The maximum atomic E-state index is 13.3. The summed E-state index contributed by atoms with van der Waals surface area (Å²) >= 11 is 0. The summed E-state index contributed by atoms with van der Waals surface area (Å²) in [7, 11) is -3.40. The standard InChI is InChI=1S/C12H14FNO3S/c1-2-8-18(16,17)14-11-5-6-12(13)10(9-11)4-3-7-15/h5-6,9,14-15H,2,7-8H2,1H3. The minimum absolute atomic E-state index is 0.00201. The van der Waals surface area contributed by atoms with Crippen LogP contribution in [0.5, 0.6) is 0 Å². The molecular formula is C12H14FNO3S. The van der Waals surface area contributed by atoms with Gasteiger partial charge in [0.05, 0.1) is 11.3 Å². The Balaban J connectivity index is 2.99. The minimum Gasteiger partial charge on any atom is -0.384 e. The van der Waals surface area contributed by atoms with Crippen LogP contribution in [-0.4, -0.2) is 25.9 Å². The maximum absolute atomic E-state index is 13.3. The molecule has 1 aromatic carbocycles. The summed E-state index contributed by atoms with van der Waals surface area (Å²) in [6.07, 6.45) is 0.494. The van der Waals surface area contributed by atoms with Gasteiger partial charge < -0.3 is 5.11 Å². The molecule has 0 unspecified atom stereocenters. The third-order valence-electron chi connectivity index (χ3n) is 2.01. The molecule has 4 nitrogen and oxygen atoms in total. The van der Waals surface area contributed by atoms with E-state index in [0.29, 0.717) is 6.42 Å². The monoisotopic (exact) mass is 271 g/mol. The second kappa shape index (κ2) is 6.38. The Bertz CT molecular complexity index is 573. The maximum Gasteiger partial charge on any atom is 0.232 e. The molecule has 0 aliphatic heterocycles. The molecule has 0 atom stereocenters. The number of halogens is 1. The van der Waals surface area contributed by atoms with Crippen molar-refractivity contribution in [1.82, 2.24) is 0 Å². The Morgan fingerprint density at radius 1 is 1.44 bits per heavy atom. The van der Waals surface area contributed by atoms with Crippen molar-refractivity contribution in [1.29, 1.82) is 0 Å². The molecule has 6 heteroatoms. The van der Waals surface area contributed by atoms with Crippen LogP contribution in [0.25, 0.3) is 0 Å².